The topological polar surface area (TPSA) is 12.4 Å². The van der Waals surface area contributed by atoms with E-state index in [-0.39, 0.29) is 3.42 Å². The molecule has 0 spiro atoms. The molecule has 0 aromatic carbocycles. The zero-order chi connectivity index (χ0) is 9.78. The minimum atomic E-state index is 0.0462. The monoisotopic (exact) mass is 275 g/mol. The molecular formula is C10H14IN. The average Bonchev–Trinajstić information content (AvgIpc) is 1.97. The third kappa shape index (κ3) is 3.91. The van der Waals surface area contributed by atoms with Crippen LogP contribution in [0.1, 0.15) is 27.7 Å². The van der Waals surface area contributed by atoms with Crippen LogP contribution in [0.25, 0.3) is 0 Å². The molecule has 0 aromatic heterocycles. The van der Waals surface area contributed by atoms with Crippen molar-refractivity contribution in [2.75, 3.05) is 0 Å². The zero-order valence-corrected chi connectivity index (χ0v) is 10.1. The summed E-state index contributed by atoms with van der Waals surface area (Å²) in [6.45, 7) is 8.03. The molecule has 0 bridgehead atoms. The van der Waals surface area contributed by atoms with Crippen LogP contribution >= 0.6 is 22.6 Å². The van der Waals surface area contributed by atoms with E-state index < -0.39 is 0 Å². The van der Waals surface area contributed by atoms with Gasteiger partial charge in [-0.1, -0.05) is 34.6 Å². The number of alkyl halides is 1. The van der Waals surface area contributed by atoms with Crippen LogP contribution in [-0.4, -0.2) is 9.13 Å². The van der Waals surface area contributed by atoms with Crippen LogP contribution in [0.5, 0.6) is 0 Å². The van der Waals surface area contributed by atoms with Gasteiger partial charge in [-0.05, 0) is 27.7 Å². The molecule has 0 saturated carbocycles. The third-order valence-corrected chi connectivity index (χ3v) is 1.93. The fraction of sp³-hybridized carbons (Fsp3) is 0.500. The Morgan fingerprint density at radius 2 is 2.08 bits per heavy atom. The largest absolute Gasteiger partial charge is 0.248 e. The highest BCUT2D eigenvalue weighted by molar-refractivity contribution is 14.1. The first-order chi connectivity index (χ1) is 5.41. The van der Waals surface area contributed by atoms with Gasteiger partial charge in [-0.25, -0.2) is 4.99 Å². The van der Waals surface area contributed by atoms with Gasteiger partial charge in [0, 0.05) is 0 Å². The highest BCUT2D eigenvalue weighted by atomic mass is 127. The number of rotatable bonds is 2. The van der Waals surface area contributed by atoms with Gasteiger partial charge in [0.15, 0.2) is 0 Å². The normalized spacial score (nSPS) is 14.3. The number of nitrogens with zero attached hydrogens (tertiary/aromatic N) is 1. The summed E-state index contributed by atoms with van der Waals surface area (Å²) in [4.78, 5) is 4.32. The molecule has 0 aromatic rings. The first kappa shape index (κ1) is 11.7. The lowest BCUT2D eigenvalue weighted by atomic mass is 10.1. The van der Waals surface area contributed by atoms with Crippen LogP contribution in [-0.2, 0) is 0 Å². The summed E-state index contributed by atoms with van der Waals surface area (Å²) in [5.74, 6) is 2.51. The van der Waals surface area contributed by atoms with Crippen molar-refractivity contribution in [3.8, 4) is 12.3 Å². The SMILES string of the molecule is C#CC(C)=N/C(=C\C)C(C)(C)I. The molecule has 0 fully saturated rings. The van der Waals surface area contributed by atoms with E-state index >= 15 is 0 Å². The van der Waals surface area contributed by atoms with Crippen LogP contribution in [0.3, 0.4) is 0 Å². The number of aliphatic imine (C=N–C) groups is 1. The van der Waals surface area contributed by atoms with E-state index in [2.05, 4.69) is 47.4 Å². The van der Waals surface area contributed by atoms with Gasteiger partial charge >= 0.3 is 0 Å². The van der Waals surface area contributed by atoms with E-state index in [1.54, 1.807) is 0 Å². The van der Waals surface area contributed by atoms with Crippen LogP contribution in [0.2, 0.25) is 0 Å². The second-order valence-electron chi connectivity index (χ2n) is 2.99. The Hall–Kier alpha value is -0.300. The van der Waals surface area contributed by atoms with E-state index in [0.29, 0.717) is 0 Å². The van der Waals surface area contributed by atoms with Gasteiger partial charge in [0.05, 0.1) is 14.8 Å². The Labute approximate surface area is 88.5 Å². The third-order valence-electron chi connectivity index (χ3n) is 1.38. The minimum Gasteiger partial charge on any atom is -0.248 e. The minimum absolute atomic E-state index is 0.0462. The molecule has 2 heteroatoms. The van der Waals surface area contributed by atoms with Gasteiger partial charge in [0.25, 0.3) is 0 Å². The fourth-order valence-electron chi connectivity index (χ4n) is 0.754. The number of halogens is 1. The first-order valence-electron chi connectivity index (χ1n) is 3.79. The van der Waals surface area contributed by atoms with Crippen molar-refractivity contribution in [2.45, 2.75) is 31.1 Å². The highest BCUT2D eigenvalue weighted by Gasteiger charge is 2.17. The van der Waals surface area contributed by atoms with Crippen molar-refractivity contribution in [3.63, 3.8) is 0 Å². The summed E-state index contributed by atoms with van der Waals surface area (Å²) in [7, 11) is 0. The number of hydrogen-bond donors (Lipinski definition) is 0. The van der Waals surface area contributed by atoms with E-state index in [9.17, 15) is 0 Å². The van der Waals surface area contributed by atoms with E-state index in [0.717, 1.165) is 11.4 Å². The average molecular weight is 275 g/mol. The molecule has 0 radical (unpaired) electrons. The summed E-state index contributed by atoms with van der Waals surface area (Å²) in [5, 5.41) is 0. The fourth-order valence-corrected chi connectivity index (χ4v) is 1.19. The van der Waals surface area contributed by atoms with Crippen molar-refractivity contribution in [3.05, 3.63) is 11.8 Å². The smallest absolute Gasteiger partial charge is 0.0869 e. The molecule has 0 aliphatic carbocycles. The molecule has 0 unspecified atom stereocenters. The molecule has 0 rings (SSSR count). The second-order valence-corrected chi connectivity index (χ2v) is 5.68. The molecule has 0 N–H and O–H groups in total. The van der Waals surface area contributed by atoms with E-state index in [4.69, 9.17) is 6.42 Å². The molecule has 0 atom stereocenters. The first-order valence-corrected chi connectivity index (χ1v) is 4.87. The van der Waals surface area contributed by atoms with Gasteiger partial charge in [-0.3, -0.25) is 0 Å². The predicted molar refractivity (Wildman–Crippen MR) is 63.8 cm³/mol. The molecule has 0 heterocycles. The number of hydrogen-bond acceptors (Lipinski definition) is 1. The van der Waals surface area contributed by atoms with Crippen molar-refractivity contribution in [2.24, 2.45) is 4.99 Å². The Balaban J connectivity index is 4.78. The number of terminal acetylenes is 1. The number of allylic oxidation sites excluding steroid dienone is 2. The maximum Gasteiger partial charge on any atom is 0.0869 e. The van der Waals surface area contributed by atoms with Gasteiger partial charge in [-0.15, -0.1) is 6.42 Å². The second kappa shape index (κ2) is 4.66. The van der Waals surface area contributed by atoms with Gasteiger partial charge in [0.1, 0.15) is 0 Å². The van der Waals surface area contributed by atoms with Crippen molar-refractivity contribution in [1.82, 2.24) is 0 Å². The van der Waals surface area contributed by atoms with Gasteiger partial charge in [-0.2, -0.15) is 0 Å². The highest BCUT2D eigenvalue weighted by Crippen LogP contribution is 2.27. The van der Waals surface area contributed by atoms with Gasteiger partial charge < -0.3 is 0 Å². The standard InChI is InChI=1S/C10H14IN/c1-6-8(3)12-9(7-2)10(4,5)11/h1,7H,2-5H3/b9-7-,12-8?. The summed E-state index contributed by atoms with van der Waals surface area (Å²) in [5.41, 5.74) is 1.76. The van der Waals surface area contributed by atoms with E-state index in [1.807, 2.05) is 19.9 Å². The predicted octanol–water partition coefficient (Wildman–Crippen LogP) is 3.20. The Morgan fingerprint density at radius 1 is 1.58 bits per heavy atom. The van der Waals surface area contributed by atoms with Crippen molar-refractivity contribution >= 4 is 28.3 Å². The molecule has 0 saturated heterocycles. The maximum absolute atomic E-state index is 5.21. The summed E-state index contributed by atoms with van der Waals surface area (Å²) >= 11 is 2.34. The molecule has 1 nitrogen and oxygen atoms in total. The lowest BCUT2D eigenvalue weighted by Crippen LogP contribution is -2.12. The maximum atomic E-state index is 5.21. The van der Waals surface area contributed by atoms with Crippen LogP contribution in [0.4, 0.5) is 0 Å². The Kier molecular flexibility index (Phi) is 4.54. The summed E-state index contributed by atoms with van der Waals surface area (Å²) in [6, 6.07) is 0. The lowest BCUT2D eigenvalue weighted by molar-refractivity contribution is 0.857. The Morgan fingerprint density at radius 3 is 2.33 bits per heavy atom. The quantitative estimate of drug-likeness (QED) is 0.317. The lowest BCUT2D eigenvalue weighted by Gasteiger charge is -2.16. The van der Waals surface area contributed by atoms with E-state index in [1.165, 1.54) is 0 Å². The summed E-state index contributed by atoms with van der Waals surface area (Å²) in [6.07, 6.45) is 7.20. The van der Waals surface area contributed by atoms with Crippen LogP contribution < -0.4 is 0 Å². The molecule has 0 amide bonds. The molecule has 66 valence electrons. The van der Waals surface area contributed by atoms with Crippen LogP contribution in [0.15, 0.2) is 16.8 Å². The zero-order valence-electron chi connectivity index (χ0n) is 7.98. The molecule has 0 aliphatic heterocycles. The molecule has 0 aliphatic rings. The van der Waals surface area contributed by atoms with Crippen LogP contribution in [0, 0.1) is 12.3 Å². The van der Waals surface area contributed by atoms with Crippen molar-refractivity contribution < 1.29 is 0 Å². The van der Waals surface area contributed by atoms with Gasteiger partial charge in [0.2, 0.25) is 0 Å². The molecule has 12 heavy (non-hydrogen) atoms. The summed E-state index contributed by atoms with van der Waals surface area (Å²) < 4.78 is 0.0462. The van der Waals surface area contributed by atoms with Crippen molar-refractivity contribution in [1.29, 1.82) is 0 Å². The molecular weight excluding hydrogens is 261 g/mol. The Bertz CT molecular complexity index is 248.